The average Bonchev–Trinajstić information content (AvgIpc) is 2.20. The number of allylic oxidation sites excluding steroid dienone is 2. The Hall–Kier alpha value is 0.310. The zero-order chi connectivity index (χ0) is 10.9. The first-order valence-corrected chi connectivity index (χ1v) is 5.81. The highest BCUT2D eigenvalue weighted by Gasteiger charge is 2.38. The lowest BCUT2D eigenvalue weighted by Crippen LogP contribution is -2.43. The predicted octanol–water partition coefficient (Wildman–Crippen LogP) is 3.45. The molecule has 1 aliphatic rings. The average molecular weight is 255 g/mol. The Morgan fingerprint density at radius 2 is 2.00 bits per heavy atom. The third-order valence-corrected chi connectivity index (χ3v) is 4.36. The molecule has 0 aliphatic heterocycles. The van der Waals surface area contributed by atoms with Crippen molar-refractivity contribution >= 4 is 34.8 Å². The van der Waals surface area contributed by atoms with Gasteiger partial charge in [-0.1, -0.05) is 42.6 Å². The summed E-state index contributed by atoms with van der Waals surface area (Å²) < 4.78 is 0. The van der Waals surface area contributed by atoms with Gasteiger partial charge in [0.25, 0.3) is 0 Å². The Labute approximate surface area is 99.9 Å². The monoisotopic (exact) mass is 253 g/mol. The highest BCUT2D eigenvalue weighted by Crippen LogP contribution is 2.42. The van der Waals surface area contributed by atoms with Gasteiger partial charge >= 0.3 is 0 Å². The second-order valence-electron chi connectivity index (χ2n) is 3.50. The van der Waals surface area contributed by atoms with Crippen molar-refractivity contribution in [2.24, 2.45) is 17.6 Å². The van der Waals surface area contributed by atoms with E-state index in [1.54, 1.807) is 6.08 Å². The fourth-order valence-corrected chi connectivity index (χ4v) is 3.03. The van der Waals surface area contributed by atoms with Gasteiger partial charge in [0.1, 0.15) is 0 Å². The first-order valence-electron chi connectivity index (χ1n) is 4.61. The second kappa shape index (κ2) is 4.89. The molecule has 4 atom stereocenters. The van der Waals surface area contributed by atoms with Crippen molar-refractivity contribution in [1.29, 1.82) is 0 Å². The maximum atomic E-state index is 6.22. The van der Waals surface area contributed by atoms with Gasteiger partial charge in [0, 0.05) is 11.0 Å². The van der Waals surface area contributed by atoms with Gasteiger partial charge in [-0.2, -0.15) is 0 Å². The lowest BCUT2D eigenvalue weighted by atomic mass is 9.79. The summed E-state index contributed by atoms with van der Waals surface area (Å²) in [7, 11) is 0. The van der Waals surface area contributed by atoms with Crippen LogP contribution in [0.5, 0.6) is 0 Å². The molecule has 1 aliphatic carbocycles. The van der Waals surface area contributed by atoms with Crippen LogP contribution in [0.3, 0.4) is 0 Å². The Morgan fingerprint density at radius 3 is 2.43 bits per heavy atom. The number of hydrogen-bond donors (Lipinski definition) is 1. The van der Waals surface area contributed by atoms with Gasteiger partial charge in [0.15, 0.2) is 0 Å². The molecule has 0 aromatic rings. The van der Waals surface area contributed by atoms with Crippen LogP contribution in [0.2, 0.25) is 0 Å². The molecule has 0 aromatic carbocycles. The van der Waals surface area contributed by atoms with Crippen molar-refractivity contribution in [3.05, 3.63) is 22.7 Å². The number of rotatable bonds is 2. The van der Waals surface area contributed by atoms with Crippen molar-refractivity contribution in [2.45, 2.75) is 24.8 Å². The van der Waals surface area contributed by atoms with Gasteiger partial charge in [-0.15, -0.1) is 18.2 Å². The zero-order valence-corrected chi connectivity index (χ0v) is 10.3. The van der Waals surface area contributed by atoms with Crippen LogP contribution in [-0.4, -0.2) is 11.4 Å². The van der Waals surface area contributed by atoms with Crippen molar-refractivity contribution in [3.63, 3.8) is 0 Å². The molecule has 4 heteroatoms. The Bertz CT molecular complexity index is 262. The molecular formula is C10H14Cl3N. The van der Waals surface area contributed by atoms with Gasteiger partial charge < -0.3 is 5.73 Å². The molecule has 0 bridgehead atoms. The molecule has 0 saturated carbocycles. The quantitative estimate of drug-likeness (QED) is 0.593. The van der Waals surface area contributed by atoms with Gasteiger partial charge in [0.05, 0.1) is 16.5 Å². The van der Waals surface area contributed by atoms with Crippen LogP contribution in [0.15, 0.2) is 22.7 Å². The lowest BCUT2D eigenvalue weighted by molar-refractivity contribution is 0.372. The summed E-state index contributed by atoms with van der Waals surface area (Å²) in [5.41, 5.74) is 5.85. The molecule has 2 N–H and O–H groups in total. The largest absolute Gasteiger partial charge is 0.322 e. The molecular weight excluding hydrogens is 240 g/mol. The summed E-state index contributed by atoms with van der Waals surface area (Å²) in [6.07, 6.45) is 2.71. The number of nitrogens with two attached hydrogens (primary N) is 1. The van der Waals surface area contributed by atoms with Gasteiger partial charge in [-0.05, 0) is 5.92 Å². The molecule has 0 spiro atoms. The van der Waals surface area contributed by atoms with E-state index in [4.69, 9.17) is 40.5 Å². The van der Waals surface area contributed by atoms with E-state index in [2.05, 4.69) is 13.5 Å². The standard InChI is InChI=1S/C10H14Cl3N/c1-3-5-6(4-2)8(12)10(14)9(13)7(5)11/h3,5-6,8,10H,1,4,14H2,2H3. The van der Waals surface area contributed by atoms with Crippen LogP contribution in [-0.2, 0) is 0 Å². The smallest absolute Gasteiger partial charge is 0.0584 e. The van der Waals surface area contributed by atoms with E-state index in [9.17, 15) is 0 Å². The predicted molar refractivity (Wildman–Crippen MR) is 63.8 cm³/mol. The summed E-state index contributed by atoms with van der Waals surface area (Å²) in [6, 6.07) is -0.355. The third-order valence-electron chi connectivity index (χ3n) is 2.75. The topological polar surface area (TPSA) is 26.0 Å². The Morgan fingerprint density at radius 1 is 1.43 bits per heavy atom. The van der Waals surface area contributed by atoms with Crippen LogP contribution in [0.25, 0.3) is 0 Å². The van der Waals surface area contributed by atoms with E-state index < -0.39 is 0 Å². The summed E-state index contributed by atoms with van der Waals surface area (Å²) in [5.74, 6) is 0.260. The molecule has 4 unspecified atom stereocenters. The van der Waals surface area contributed by atoms with Crippen molar-refractivity contribution < 1.29 is 0 Å². The maximum Gasteiger partial charge on any atom is 0.0584 e. The first-order chi connectivity index (χ1) is 6.54. The molecule has 0 heterocycles. The fourth-order valence-electron chi connectivity index (χ4n) is 1.87. The minimum atomic E-state index is -0.355. The van der Waals surface area contributed by atoms with Crippen LogP contribution < -0.4 is 5.73 Å². The van der Waals surface area contributed by atoms with Crippen LogP contribution in [0.4, 0.5) is 0 Å². The van der Waals surface area contributed by atoms with Crippen molar-refractivity contribution in [2.75, 3.05) is 0 Å². The van der Waals surface area contributed by atoms with E-state index >= 15 is 0 Å². The zero-order valence-electron chi connectivity index (χ0n) is 8.01. The molecule has 14 heavy (non-hydrogen) atoms. The van der Waals surface area contributed by atoms with Crippen LogP contribution >= 0.6 is 34.8 Å². The third kappa shape index (κ3) is 1.96. The molecule has 0 aromatic heterocycles. The molecule has 0 fully saturated rings. The second-order valence-corrected chi connectivity index (χ2v) is 4.82. The van der Waals surface area contributed by atoms with E-state index in [0.717, 1.165) is 6.42 Å². The fraction of sp³-hybridized carbons (Fsp3) is 0.600. The summed E-state index contributed by atoms with van der Waals surface area (Å²) in [6.45, 7) is 5.81. The maximum absolute atomic E-state index is 6.22. The van der Waals surface area contributed by atoms with Gasteiger partial charge in [0.2, 0.25) is 0 Å². The normalized spacial score (nSPS) is 38.6. The number of alkyl halides is 1. The molecule has 0 saturated heterocycles. The van der Waals surface area contributed by atoms with Gasteiger partial charge in [-0.25, -0.2) is 0 Å². The highest BCUT2D eigenvalue weighted by molar-refractivity contribution is 6.40. The van der Waals surface area contributed by atoms with E-state index in [1.807, 2.05) is 0 Å². The van der Waals surface area contributed by atoms with E-state index in [-0.39, 0.29) is 23.3 Å². The van der Waals surface area contributed by atoms with Crippen molar-refractivity contribution in [3.8, 4) is 0 Å². The minimum Gasteiger partial charge on any atom is -0.322 e. The Kier molecular flexibility index (Phi) is 4.32. The number of halogens is 3. The molecule has 1 nitrogen and oxygen atoms in total. The highest BCUT2D eigenvalue weighted by atomic mass is 35.5. The minimum absolute atomic E-state index is 0.0384. The Balaban J connectivity index is 3.09. The lowest BCUT2D eigenvalue weighted by Gasteiger charge is -2.36. The van der Waals surface area contributed by atoms with Crippen LogP contribution in [0, 0.1) is 11.8 Å². The summed E-state index contributed by atoms with van der Waals surface area (Å²) in [4.78, 5) is 0. The molecule has 0 amide bonds. The molecule has 1 rings (SSSR count). The number of hydrogen-bond acceptors (Lipinski definition) is 1. The summed E-state index contributed by atoms with van der Waals surface area (Å²) >= 11 is 18.3. The van der Waals surface area contributed by atoms with E-state index in [1.165, 1.54) is 0 Å². The summed E-state index contributed by atoms with van der Waals surface area (Å²) in [5, 5.41) is 0.900. The van der Waals surface area contributed by atoms with Gasteiger partial charge in [-0.3, -0.25) is 0 Å². The van der Waals surface area contributed by atoms with Crippen molar-refractivity contribution in [1.82, 2.24) is 0 Å². The SMILES string of the molecule is C=CC1C(Cl)=C(Cl)C(N)C(Cl)C1CC. The van der Waals surface area contributed by atoms with Crippen LogP contribution in [0.1, 0.15) is 13.3 Å². The molecule has 0 radical (unpaired) electrons. The first kappa shape index (κ1) is 12.4. The molecule has 80 valence electrons. The van der Waals surface area contributed by atoms with E-state index in [0.29, 0.717) is 10.1 Å².